The summed E-state index contributed by atoms with van der Waals surface area (Å²) in [5, 5.41) is 7.20. The molecule has 4 rings (SSSR count). The summed E-state index contributed by atoms with van der Waals surface area (Å²) >= 11 is 0. The quantitative estimate of drug-likeness (QED) is 0.523. The maximum atomic E-state index is 12.8. The molecule has 0 fully saturated rings. The monoisotopic (exact) mass is 383 g/mol. The lowest BCUT2D eigenvalue weighted by Crippen LogP contribution is -2.13. The highest BCUT2D eigenvalue weighted by atomic mass is 16.1. The van der Waals surface area contributed by atoms with Crippen molar-refractivity contribution in [2.24, 2.45) is 0 Å². The molecule has 144 valence electrons. The largest absolute Gasteiger partial charge is 0.378 e. The van der Waals surface area contributed by atoms with Crippen molar-refractivity contribution in [2.45, 2.75) is 0 Å². The van der Waals surface area contributed by atoms with Gasteiger partial charge in [0.2, 0.25) is 0 Å². The Bertz CT molecular complexity index is 1150. The van der Waals surface area contributed by atoms with Crippen LogP contribution in [-0.2, 0) is 0 Å². The van der Waals surface area contributed by atoms with Crippen LogP contribution in [0.3, 0.4) is 0 Å². The summed E-state index contributed by atoms with van der Waals surface area (Å²) in [7, 11) is 4.00. The van der Waals surface area contributed by atoms with Gasteiger partial charge in [0.15, 0.2) is 0 Å². The zero-order chi connectivity index (χ0) is 20.2. The van der Waals surface area contributed by atoms with Gasteiger partial charge in [-0.05, 0) is 42.5 Å². The molecule has 2 heterocycles. The summed E-state index contributed by atoms with van der Waals surface area (Å²) in [6, 6.07) is 19.4. The molecular weight excluding hydrogens is 362 g/mol. The number of carbonyl (C=O) groups is 1. The Morgan fingerprint density at radius 2 is 1.72 bits per heavy atom. The molecule has 0 bridgehead atoms. The second-order valence-corrected chi connectivity index (χ2v) is 6.86. The second kappa shape index (κ2) is 7.98. The normalized spacial score (nSPS) is 10.6. The number of hydrogen-bond donors (Lipinski definition) is 2. The first-order chi connectivity index (χ1) is 14.1. The van der Waals surface area contributed by atoms with Crippen molar-refractivity contribution in [2.75, 3.05) is 29.6 Å². The van der Waals surface area contributed by atoms with Crippen molar-refractivity contribution >= 4 is 39.6 Å². The summed E-state index contributed by atoms with van der Waals surface area (Å²) in [6.45, 7) is 0. The fraction of sp³-hybridized carbons (Fsp3) is 0.0870. The summed E-state index contributed by atoms with van der Waals surface area (Å²) in [4.78, 5) is 23.4. The predicted octanol–water partition coefficient (Wildman–Crippen LogP) is 4.69. The molecule has 2 N–H and O–H groups in total. The van der Waals surface area contributed by atoms with Gasteiger partial charge in [-0.15, -0.1) is 0 Å². The summed E-state index contributed by atoms with van der Waals surface area (Å²) in [6.07, 6.45) is 4.95. The number of carbonyl (C=O) groups excluding carboxylic acids is 1. The standard InChI is InChI=1S/C23H21N5O/c1-28(2)20-10-8-18(9-11-20)26-19-13-17(14-24-15-19)23(29)27-21-7-3-5-16-6-4-12-25-22(16)21/h3-15,26H,1-2H3,(H,27,29). The van der Waals surface area contributed by atoms with Crippen LogP contribution in [0.5, 0.6) is 0 Å². The Labute approximate surface area is 169 Å². The Balaban J connectivity index is 1.52. The van der Waals surface area contributed by atoms with Crippen LogP contribution in [0.4, 0.5) is 22.7 Å². The summed E-state index contributed by atoms with van der Waals surface area (Å²) in [5.74, 6) is -0.234. The Morgan fingerprint density at radius 1 is 0.931 bits per heavy atom. The highest BCUT2D eigenvalue weighted by Gasteiger charge is 2.10. The molecule has 6 heteroatoms. The molecule has 0 aliphatic heterocycles. The smallest absolute Gasteiger partial charge is 0.257 e. The SMILES string of the molecule is CN(C)c1ccc(Nc2cncc(C(=O)Nc3cccc4cccnc34)c2)cc1. The average molecular weight is 383 g/mol. The highest BCUT2D eigenvalue weighted by molar-refractivity contribution is 6.08. The van der Waals surface area contributed by atoms with E-state index in [1.54, 1.807) is 24.7 Å². The van der Waals surface area contributed by atoms with Gasteiger partial charge in [-0.3, -0.25) is 14.8 Å². The molecule has 4 aromatic rings. The van der Waals surface area contributed by atoms with Crippen LogP contribution < -0.4 is 15.5 Å². The van der Waals surface area contributed by atoms with E-state index in [1.807, 2.05) is 73.6 Å². The molecule has 0 spiro atoms. The number of nitrogens with one attached hydrogen (secondary N) is 2. The Kier molecular flexibility index (Phi) is 5.07. The van der Waals surface area contributed by atoms with Gasteiger partial charge in [0.25, 0.3) is 5.91 Å². The van der Waals surface area contributed by atoms with Crippen LogP contribution in [0.1, 0.15) is 10.4 Å². The average Bonchev–Trinajstić information content (AvgIpc) is 2.74. The van der Waals surface area contributed by atoms with Crippen molar-refractivity contribution < 1.29 is 4.79 Å². The van der Waals surface area contributed by atoms with E-state index >= 15 is 0 Å². The van der Waals surface area contributed by atoms with Crippen LogP contribution in [0, 0.1) is 0 Å². The van der Waals surface area contributed by atoms with Gasteiger partial charge in [0, 0.05) is 43.3 Å². The number of hydrogen-bond acceptors (Lipinski definition) is 5. The number of nitrogens with zero attached hydrogens (tertiary/aromatic N) is 3. The molecule has 0 atom stereocenters. The topological polar surface area (TPSA) is 70.2 Å². The highest BCUT2D eigenvalue weighted by Crippen LogP contribution is 2.23. The first-order valence-corrected chi connectivity index (χ1v) is 9.25. The molecule has 2 aromatic heterocycles. The second-order valence-electron chi connectivity index (χ2n) is 6.86. The van der Waals surface area contributed by atoms with Crippen molar-refractivity contribution in [3.63, 3.8) is 0 Å². The lowest BCUT2D eigenvalue weighted by atomic mass is 10.1. The van der Waals surface area contributed by atoms with E-state index in [2.05, 4.69) is 20.6 Å². The summed E-state index contributed by atoms with van der Waals surface area (Å²) < 4.78 is 0. The van der Waals surface area contributed by atoms with Crippen LogP contribution in [0.25, 0.3) is 10.9 Å². The molecule has 0 aliphatic rings. The third kappa shape index (κ3) is 4.16. The zero-order valence-electron chi connectivity index (χ0n) is 16.3. The molecule has 0 saturated carbocycles. The number of anilines is 4. The van der Waals surface area contributed by atoms with E-state index < -0.39 is 0 Å². The lowest BCUT2D eigenvalue weighted by molar-refractivity contribution is 0.102. The van der Waals surface area contributed by atoms with Gasteiger partial charge in [0.1, 0.15) is 0 Å². The Hall–Kier alpha value is -3.93. The Morgan fingerprint density at radius 3 is 2.52 bits per heavy atom. The molecule has 2 aromatic carbocycles. The molecule has 0 saturated heterocycles. The third-order valence-corrected chi connectivity index (χ3v) is 4.55. The molecule has 6 nitrogen and oxygen atoms in total. The van der Waals surface area contributed by atoms with Crippen LogP contribution in [0.2, 0.25) is 0 Å². The van der Waals surface area contributed by atoms with Gasteiger partial charge < -0.3 is 15.5 Å². The number of rotatable bonds is 5. The molecule has 0 radical (unpaired) electrons. The van der Waals surface area contributed by atoms with Gasteiger partial charge in [-0.25, -0.2) is 0 Å². The number of benzene rings is 2. The van der Waals surface area contributed by atoms with E-state index in [0.717, 1.165) is 28.0 Å². The first kappa shape index (κ1) is 18.4. The molecular formula is C23H21N5O. The number of pyridine rings is 2. The minimum atomic E-state index is -0.234. The van der Waals surface area contributed by atoms with Crippen molar-refractivity contribution in [1.29, 1.82) is 0 Å². The maximum absolute atomic E-state index is 12.8. The van der Waals surface area contributed by atoms with E-state index in [0.29, 0.717) is 11.3 Å². The van der Waals surface area contributed by atoms with Crippen molar-refractivity contribution in [1.82, 2.24) is 9.97 Å². The third-order valence-electron chi connectivity index (χ3n) is 4.55. The van der Waals surface area contributed by atoms with Crippen molar-refractivity contribution in [3.8, 4) is 0 Å². The number of aromatic nitrogens is 2. The minimum absolute atomic E-state index is 0.234. The fourth-order valence-corrected chi connectivity index (χ4v) is 3.04. The van der Waals surface area contributed by atoms with E-state index in [9.17, 15) is 4.79 Å². The van der Waals surface area contributed by atoms with E-state index in [1.165, 1.54) is 0 Å². The molecule has 0 unspecified atom stereocenters. The molecule has 29 heavy (non-hydrogen) atoms. The van der Waals surface area contributed by atoms with Gasteiger partial charge in [0.05, 0.1) is 28.7 Å². The summed E-state index contributed by atoms with van der Waals surface area (Å²) in [5.41, 5.74) is 4.68. The van der Waals surface area contributed by atoms with Gasteiger partial charge in [-0.1, -0.05) is 18.2 Å². The van der Waals surface area contributed by atoms with Crippen LogP contribution in [-0.4, -0.2) is 30.0 Å². The first-order valence-electron chi connectivity index (χ1n) is 9.25. The minimum Gasteiger partial charge on any atom is -0.378 e. The van der Waals surface area contributed by atoms with Crippen molar-refractivity contribution in [3.05, 3.63) is 84.8 Å². The van der Waals surface area contributed by atoms with E-state index in [-0.39, 0.29) is 5.91 Å². The molecule has 0 aliphatic carbocycles. The van der Waals surface area contributed by atoms with Crippen LogP contribution >= 0.6 is 0 Å². The van der Waals surface area contributed by atoms with Gasteiger partial charge >= 0.3 is 0 Å². The number of amides is 1. The number of fused-ring (bicyclic) bond motifs is 1. The van der Waals surface area contributed by atoms with E-state index in [4.69, 9.17) is 0 Å². The lowest BCUT2D eigenvalue weighted by Gasteiger charge is -2.13. The van der Waals surface area contributed by atoms with Gasteiger partial charge in [-0.2, -0.15) is 0 Å². The molecule has 1 amide bonds. The number of para-hydroxylation sites is 1. The zero-order valence-corrected chi connectivity index (χ0v) is 16.3. The maximum Gasteiger partial charge on any atom is 0.257 e. The fourth-order valence-electron chi connectivity index (χ4n) is 3.04. The predicted molar refractivity (Wildman–Crippen MR) is 118 cm³/mol. The van der Waals surface area contributed by atoms with Crippen LogP contribution in [0.15, 0.2) is 79.3 Å².